The highest BCUT2D eigenvalue weighted by Gasteiger charge is 2.15. The lowest BCUT2D eigenvalue weighted by atomic mass is 10.1. The van der Waals surface area contributed by atoms with Crippen molar-refractivity contribution < 1.29 is 13.9 Å². The highest BCUT2D eigenvalue weighted by Crippen LogP contribution is 2.31. The van der Waals surface area contributed by atoms with Gasteiger partial charge in [0.1, 0.15) is 16.4 Å². The Morgan fingerprint density at radius 1 is 1.21 bits per heavy atom. The molecule has 0 aliphatic carbocycles. The molecule has 0 aliphatic rings. The number of ketones is 1. The molecule has 0 unspecified atom stereocenters. The summed E-state index contributed by atoms with van der Waals surface area (Å²) in [6.07, 6.45) is 1.50. The maximum Gasteiger partial charge on any atom is 0.263 e. The van der Waals surface area contributed by atoms with Crippen molar-refractivity contribution in [1.29, 1.82) is 0 Å². The molecule has 0 radical (unpaired) electrons. The molecule has 29 heavy (non-hydrogen) atoms. The van der Waals surface area contributed by atoms with Gasteiger partial charge < -0.3 is 4.74 Å². The fraction of sp³-hybridized carbons (Fsp3) is 0.136. The molecular formula is C22H17FN2O3S. The molecule has 0 atom stereocenters. The van der Waals surface area contributed by atoms with Crippen molar-refractivity contribution in [2.24, 2.45) is 0 Å². The lowest BCUT2D eigenvalue weighted by Crippen LogP contribution is -2.21. The molecule has 0 bridgehead atoms. The highest BCUT2D eigenvalue weighted by atomic mass is 32.1. The zero-order chi connectivity index (χ0) is 20.5. The van der Waals surface area contributed by atoms with Crippen LogP contribution in [-0.2, 0) is 6.54 Å². The Hall–Kier alpha value is -3.32. The largest absolute Gasteiger partial charge is 0.496 e. The van der Waals surface area contributed by atoms with Crippen molar-refractivity contribution in [3.63, 3.8) is 0 Å². The van der Waals surface area contributed by atoms with Gasteiger partial charge in [0.05, 0.1) is 25.4 Å². The second-order valence-electron chi connectivity index (χ2n) is 6.60. The van der Waals surface area contributed by atoms with E-state index in [2.05, 4.69) is 4.98 Å². The van der Waals surface area contributed by atoms with Crippen LogP contribution in [0.4, 0.5) is 4.39 Å². The van der Waals surface area contributed by atoms with Crippen LogP contribution in [0.15, 0.2) is 59.0 Å². The number of carbonyl (C=O) groups is 1. The molecule has 2 aromatic carbocycles. The first-order valence-electron chi connectivity index (χ1n) is 8.88. The maximum absolute atomic E-state index is 13.3. The summed E-state index contributed by atoms with van der Waals surface area (Å²) in [7, 11) is 1.54. The summed E-state index contributed by atoms with van der Waals surface area (Å²) in [5.41, 5.74) is 2.53. The fourth-order valence-corrected chi connectivity index (χ4v) is 4.13. The number of aromatic nitrogens is 2. The Balaban J connectivity index is 1.82. The molecule has 5 nitrogen and oxygen atoms in total. The van der Waals surface area contributed by atoms with E-state index in [1.807, 2.05) is 5.38 Å². The van der Waals surface area contributed by atoms with Crippen molar-refractivity contribution >= 4 is 27.3 Å². The van der Waals surface area contributed by atoms with E-state index >= 15 is 0 Å². The Bertz CT molecular complexity index is 1280. The monoisotopic (exact) mass is 408 g/mol. The van der Waals surface area contributed by atoms with Crippen molar-refractivity contribution in [2.45, 2.75) is 13.5 Å². The number of thiophene rings is 1. The van der Waals surface area contributed by atoms with E-state index in [9.17, 15) is 14.0 Å². The van der Waals surface area contributed by atoms with Crippen LogP contribution in [0.2, 0.25) is 0 Å². The molecule has 0 amide bonds. The van der Waals surface area contributed by atoms with Crippen LogP contribution in [0.5, 0.6) is 5.75 Å². The van der Waals surface area contributed by atoms with E-state index in [0.29, 0.717) is 27.1 Å². The smallest absolute Gasteiger partial charge is 0.263 e. The lowest BCUT2D eigenvalue weighted by molar-refractivity contribution is 0.101. The number of ether oxygens (including phenoxy) is 1. The third kappa shape index (κ3) is 3.56. The highest BCUT2D eigenvalue weighted by molar-refractivity contribution is 7.17. The van der Waals surface area contributed by atoms with Crippen LogP contribution < -0.4 is 10.3 Å². The van der Waals surface area contributed by atoms with Gasteiger partial charge in [-0.25, -0.2) is 9.37 Å². The van der Waals surface area contributed by atoms with Crippen LogP contribution in [0.3, 0.4) is 0 Å². The number of hydrogen-bond donors (Lipinski definition) is 0. The molecule has 0 N–H and O–H groups in total. The summed E-state index contributed by atoms with van der Waals surface area (Å²) >= 11 is 1.37. The summed E-state index contributed by atoms with van der Waals surface area (Å²) < 4.78 is 20.2. The van der Waals surface area contributed by atoms with Crippen LogP contribution in [0.1, 0.15) is 22.8 Å². The first-order valence-corrected chi connectivity index (χ1v) is 9.76. The minimum Gasteiger partial charge on any atom is -0.496 e. The summed E-state index contributed by atoms with van der Waals surface area (Å²) in [6, 6.07) is 11.2. The molecular weight excluding hydrogens is 391 g/mol. The number of carbonyl (C=O) groups excluding carboxylic acids is 1. The van der Waals surface area contributed by atoms with Gasteiger partial charge in [0.25, 0.3) is 5.56 Å². The van der Waals surface area contributed by atoms with Gasteiger partial charge in [-0.15, -0.1) is 11.3 Å². The maximum atomic E-state index is 13.3. The van der Waals surface area contributed by atoms with E-state index in [0.717, 1.165) is 11.1 Å². The second kappa shape index (κ2) is 7.60. The van der Waals surface area contributed by atoms with Gasteiger partial charge >= 0.3 is 0 Å². The molecule has 146 valence electrons. The topological polar surface area (TPSA) is 61.2 Å². The van der Waals surface area contributed by atoms with Crippen molar-refractivity contribution in [1.82, 2.24) is 9.55 Å². The molecule has 2 heterocycles. The molecule has 7 heteroatoms. The Labute approximate surface area is 170 Å². The number of Topliss-reactive ketones (excluding diaryl/α,β-unsaturated/α-hetero) is 1. The Morgan fingerprint density at radius 2 is 1.97 bits per heavy atom. The standard InChI is InChI=1S/C22H17FN2O3S/c1-13(26)15-5-8-19(28-2)16(9-15)10-25-12-24-21-20(22(25)27)18(11-29-21)14-3-6-17(23)7-4-14/h3-9,11-12H,10H2,1-2H3. The van der Waals surface area contributed by atoms with Gasteiger partial charge in [-0.2, -0.15) is 0 Å². The Kier molecular flexibility index (Phi) is 4.98. The van der Waals surface area contributed by atoms with Crippen molar-refractivity contribution in [2.75, 3.05) is 7.11 Å². The van der Waals surface area contributed by atoms with Gasteiger partial charge in [0.2, 0.25) is 0 Å². The molecule has 0 spiro atoms. The third-order valence-corrected chi connectivity index (χ3v) is 5.63. The summed E-state index contributed by atoms with van der Waals surface area (Å²) in [5.74, 6) is 0.193. The molecule has 0 fully saturated rings. The summed E-state index contributed by atoms with van der Waals surface area (Å²) in [4.78, 5) is 30.0. The summed E-state index contributed by atoms with van der Waals surface area (Å²) in [5, 5.41) is 2.35. The van der Waals surface area contributed by atoms with Gasteiger partial charge in [-0.1, -0.05) is 12.1 Å². The van der Waals surface area contributed by atoms with Crippen LogP contribution >= 0.6 is 11.3 Å². The quantitative estimate of drug-likeness (QED) is 0.456. The first kappa shape index (κ1) is 19.0. The van der Waals surface area contributed by atoms with Gasteiger partial charge in [-0.05, 0) is 42.8 Å². The van der Waals surface area contributed by atoms with Crippen molar-refractivity contribution in [3.8, 4) is 16.9 Å². The van der Waals surface area contributed by atoms with E-state index in [1.165, 1.54) is 41.3 Å². The number of rotatable bonds is 5. The molecule has 0 saturated heterocycles. The molecule has 4 aromatic rings. The Morgan fingerprint density at radius 3 is 2.66 bits per heavy atom. The van der Waals surface area contributed by atoms with Gasteiger partial charge in [0.15, 0.2) is 5.78 Å². The van der Waals surface area contributed by atoms with Gasteiger partial charge in [0, 0.05) is 22.1 Å². The molecule has 0 saturated carbocycles. The number of nitrogens with zero attached hydrogens (tertiary/aromatic N) is 2. The van der Waals surface area contributed by atoms with Crippen molar-refractivity contribution in [3.05, 3.63) is 81.5 Å². The van der Waals surface area contributed by atoms with Crippen LogP contribution in [0.25, 0.3) is 21.3 Å². The third-order valence-electron chi connectivity index (χ3n) is 4.74. The predicted molar refractivity (Wildman–Crippen MR) is 111 cm³/mol. The number of hydrogen-bond acceptors (Lipinski definition) is 5. The second-order valence-corrected chi connectivity index (χ2v) is 7.45. The average Bonchev–Trinajstić information content (AvgIpc) is 3.15. The molecule has 2 aromatic heterocycles. The summed E-state index contributed by atoms with van der Waals surface area (Å²) in [6.45, 7) is 1.70. The average molecular weight is 408 g/mol. The number of methoxy groups -OCH3 is 1. The van der Waals surface area contributed by atoms with E-state index in [4.69, 9.17) is 4.74 Å². The number of benzene rings is 2. The SMILES string of the molecule is COc1ccc(C(C)=O)cc1Cn1cnc2scc(-c3ccc(F)cc3)c2c1=O. The number of fused-ring (bicyclic) bond motifs is 1. The molecule has 4 rings (SSSR count). The minimum absolute atomic E-state index is 0.0637. The number of halogens is 1. The van der Waals surface area contributed by atoms with Crippen LogP contribution in [0, 0.1) is 5.82 Å². The minimum atomic E-state index is -0.332. The predicted octanol–water partition coefficient (Wildman–Crippen LogP) is 4.52. The fourth-order valence-electron chi connectivity index (χ4n) is 3.23. The zero-order valence-corrected chi connectivity index (χ0v) is 16.6. The normalized spacial score (nSPS) is 11.0. The first-order chi connectivity index (χ1) is 14.0. The van der Waals surface area contributed by atoms with E-state index in [1.54, 1.807) is 37.4 Å². The lowest BCUT2D eigenvalue weighted by Gasteiger charge is -2.12. The van der Waals surface area contributed by atoms with E-state index < -0.39 is 0 Å². The zero-order valence-electron chi connectivity index (χ0n) is 15.8. The van der Waals surface area contributed by atoms with E-state index in [-0.39, 0.29) is 23.7 Å². The van der Waals surface area contributed by atoms with Gasteiger partial charge in [-0.3, -0.25) is 14.2 Å². The molecule has 0 aliphatic heterocycles. The van der Waals surface area contributed by atoms with Crippen LogP contribution in [-0.4, -0.2) is 22.4 Å².